The molecule has 3 rings (SSSR count). The lowest BCUT2D eigenvalue weighted by molar-refractivity contribution is -0.171. The molecule has 8 atom stereocenters. The smallest absolute Gasteiger partial charge is 0.420 e. The number of rotatable bonds is 18. The molecule has 2 aliphatic heterocycles. The monoisotopic (exact) mass is 986 g/mol. The Balaban J connectivity index is 0.000000475. The number of carbonyl (C=O) groups excluding carboxylic acids is 5. The number of nitrogens with zero attached hydrogens (tertiary/aromatic N) is 2. The van der Waals surface area contributed by atoms with Gasteiger partial charge in [-0.3, -0.25) is 4.79 Å². The number of cyclic esters (lactones) is 2. The highest BCUT2D eigenvalue weighted by Crippen LogP contribution is 2.28. The van der Waals surface area contributed by atoms with Crippen LogP contribution in [0.5, 0.6) is 11.5 Å². The number of hydrogen-bond donors (Lipinski definition) is 2. The van der Waals surface area contributed by atoms with Gasteiger partial charge >= 0.3 is 24.1 Å². The third-order valence-corrected chi connectivity index (χ3v) is 9.97. The van der Waals surface area contributed by atoms with Gasteiger partial charge in [0.2, 0.25) is 0 Å². The highest BCUT2D eigenvalue weighted by molar-refractivity contribution is 5.98. The van der Waals surface area contributed by atoms with E-state index in [0.717, 1.165) is 25.7 Å². The van der Waals surface area contributed by atoms with Gasteiger partial charge in [0.1, 0.15) is 47.8 Å². The molecule has 2 saturated heterocycles. The fraction of sp³-hybridized carbons (Fsp3) is 0.796. The van der Waals surface area contributed by atoms with E-state index in [9.17, 15) is 29.1 Å². The van der Waals surface area contributed by atoms with E-state index in [2.05, 4.69) is 24.1 Å². The largest absolute Gasteiger partial charge is 0.503 e. The molecular weight excluding hydrogens is 903 g/mol. The van der Waals surface area contributed by atoms with E-state index in [4.69, 9.17) is 52.1 Å². The molecule has 0 bridgehead atoms. The third-order valence-electron chi connectivity index (χ3n) is 9.97. The minimum Gasteiger partial charge on any atom is -0.503 e. The summed E-state index contributed by atoms with van der Waals surface area (Å²) in [6.45, 7) is 27.4. The van der Waals surface area contributed by atoms with Crippen LogP contribution in [0.15, 0.2) is 12.3 Å². The van der Waals surface area contributed by atoms with Gasteiger partial charge in [0.15, 0.2) is 29.3 Å². The van der Waals surface area contributed by atoms with Crippen molar-refractivity contribution in [2.24, 2.45) is 11.8 Å². The highest BCUT2D eigenvalue weighted by atomic mass is 16.6. The first-order chi connectivity index (χ1) is 32.3. The fourth-order valence-electron chi connectivity index (χ4n) is 6.55. The van der Waals surface area contributed by atoms with Gasteiger partial charge in [0.05, 0.1) is 33.5 Å². The van der Waals surface area contributed by atoms with Crippen LogP contribution in [0.2, 0.25) is 0 Å². The van der Waals surface area contributed by atoms with Crippen molar-refractivity contribution in [3.05, 3.63) is 18.0 Å². The van der Waals surface area contributed by atoms with Crippen LogP contribution in [0.25, 0.3) is 0 Å². The van der Waals surface area contributed by atoms with Crippen LogP contribution in [0.3, 0.4) is 0 Å². The molecule has 0 aliphatic carbocycles. The Bertz CT molecular complexity index is 1700. The maximum absolute atomic E-state index is 13.3. The standard InChI is InChI=1S/C26H47NO9.C23H36N2O8/c1-11-12-13-32-20-16-31-15-19(22(28)34-18(4)21(20)33-14-17(2)3)27(23(29)35-25(5,6)7)24(30)36-26(8,9)10;1-6-7-10-31-18-13-30-12-16(23(28)33-15(4)21(18)32-11-14(2)3)25-22(27)19-20(26)17(29-5)8-9-24-19/h17-21H,11-16H2,1-10H3;8-9,14-16,18,21,26H,6-7,10-13H2,1-5H3,(H,25,27)/t18-,19-,20-,21-;15-,16-,18-,21-/m00/s1. The summed E-state index contributed by atoms with van der Waals surface area (Å²) < 4.78 is 63.0. The molecule has 3 amide bonds. The summed E-state index contributed by atoms with van der Waals surface area (Å²) in [6, 6.07) is -1.11. The van der Waals surface area contributed by atoms with Gasteiger partial charge in [0, 0.05) is 38.7 Å². The Hall–Kier alpha value is -4.34. The van der Waals surface area contributed by atoms with Crippen LogP contribution in [0, 0.1) is 11.8 Å². The maximum Gasteiger partial charge on any atom is 0.420 e. The Labute approximate surface area is 409 Å². The second-order valence-electron chi connectivity index (χ2n) is 19.9. The Kier molecular flexibility index (Phi) is 26.2. The first-order valence-electron chi connectivity index (χ1n) is 24.1. The first-order valence-corrected chi connectivity index (χ1v) is 24.1. The number of amides is 3. The van der Waals surface area contributed by atoms with Crippen molar-refractivity contribution >= 4 is 30.0 Å². The summed E-state index contributed by atoms with van der Waals surface area (Å²) in [7, 11) is 1.36. The summed E-state index contributed by atoms with van der Waals surface area (Å²) in [6.07, 6.45) is -0.476. The van der Waals surface area contributed by atoms with E-state index in [1.165, 1.54) is 19.4 Å². The van der Waals surface area contributed by atoms with Crippen molar-refractivity contribution in [3.63, 3.8) is 0 Å². The fourth-order valence-corrected chi connectivity index (χ4v) is 6.55. The number of ether oxygens (including phenoxy) is 11. The SMILES string of the molecule is CCCCO[C@H]1COC[C@H](N(C(=O)OC(C)(C)C)C(=O)OC(C)(C)C)C(=O)O[C@@H](C)[C@@H]1OCC(C)C.CCCCO[C@H]1COC[C@H](NC(=O)c2nccc(OC)c2O)C(=O)O[C@@H](C)[C@@H]1OCC(C)C. The molecule has 2 fully saturated rings. The second-order valence-corrected chi connectivity index (χ2v) is 19.9. The van der Waals surface area contributed by atoms with Gasteiger partial charge in [-0.15, -0.1) is 0 Å². The third kappa shape index (κ3) is 21.7. The van der Waals surface area contributed by atoms with Crippen molar-refractivity contribution in [2.45, 2.75) is 183 Å². The molecule has 20 nitrogen and oxygen atoms in total. The average molecular weight is 986 g/mol. The lowest BCUT2D eigenvalue weighted by atomic mass is 10.1. The minimum absolute atomic E-state index is 0.0838. The molecule has 1 aromatic heterocycles. The number of pyridine rings is 1. The molecule has 1 aromatic rings. The Morgan fingerprint density at radius 3 is 1.65 bits per heavy atom. The van der Waals surface area contributed by atoms with E-state index in [-0.39, 0.29) is 49.7 Å². The molecule has 0 aromatic carbocycles. The topological polar surface area (TPSA) is 235 Å². The highest BCUT2D eigenvalue weighted by Gasteiger charge is 2.45. The second kappa shape index (κ2) is 29.8. The number of nitrogens with one attached hydrogen (secondary N) is 1. The van der Waals surface area contributed by atoms with Crippen LogP contribution >= 0.6 is 0 Å². The van der Waals surface area contributed by atoms with Crippen LogP contribution < -0.4 is 10.1 Å². The lowest BCUT2D eigenvalue weighted by Crippen LogP contribution is -2.54. The summed E-state index contributed by atoms with van der Waals surface area (Å²) in [5.41, 5.74) is -2.10. The van der Waals surface area contributed by atoms with Gasteiger partial charge in [-0.05, 0) is 80.1 Å². The zero-order chi connectivity index (χ0) is 52.1. The normalized spacial score (nSPS) is 23.8. The van der Waals surface area contributed by atoms with Gasteiger partial charge in [-0.25, -0.2) is 24.2 Å². The predicted molar refractivity (Wildman–Crippen MR) is 253 cm³/mol. The molecule has 0 saturated carbocycles. The molecule has 0 radical (unpaired) electrons. The molecule has 396 valence electrons. The van der Waals surface area contributed by atoms with Crippen molar-refractivity contribution in [3.8, 4) is 11.5 Å². The number of esters is 2. The molecule has 0 unspecified atom stereocenters. The van der Waals surface area contributed by atoms with Gasteiger partial charge < -0.3 is 62.5 Å². The predicted octanol–water partition coefficient (Wildman–Crippen LogP) is 6.80. The van der Waals surface area contributed by atoms with Gasteiger partial charge in [-0.2, -0.15) is 4.90 Å². The van der Waals surface area contributed by atoms with Crippen molar-refractivity contribution in [1.29, 1.82) is 0 Å². The number of aromatic hydroxyl groups is 1. The number of carbonyl (C=O) groups is 5. The number of hydrogen-bond acceptors (Lipinski definition) is 18. The van der Waals surface area contributed by atoms with Crippen LogP contribution in [0.1, 0.15) is 133 Å². The van der Waals surface area contributed by atoms with Crippen LogP contribution in [-0.4, -0.2) is 165 Å². The van der Waals surface area contributed by atoms with Crippen molar-refractivity contribution in [1.82, 2.24) is 15.2 Å². The zero-order valence-corrected chi connectivity index (χ0v) is 43.8. The van der Waals surface area contributed by atoms with E-state index in [1.807, 2.05) is 27.7 Å². The Morgan fingerprint density at radius 1 is 0.754 bits per heavy atom. The van der Waals surface area contributed by atoms with Gasteiger partial charge in [0.25, 0.3) is 5.91 Å². The van der Waals surface area contributed by atoms with E-state index in [1.54, 1.807) is 55.4 Å². The van der Waals surface area contributed by atoms with E-state index in [0.29, 0.717) is 31.3 Å². The lowest BCUT2D eigenvalue weighted by Gasteiger charge is -2.33. The molecule has 0 spiro atoms. The Morgan fingerprint density at radius 2 is 1.22 bits per heavy atom. The number of unbranched alkanes of at least 4 members (excludes halogenated alkanes) is 2. The summed E-state index contributed by atoms with van der Waals surface area (Å²) in [5, 5.41) is 12.7. The van der Waals surface area contributed by atoms with Gasteiger partial charge in [-0.1, -0.05) is 54.4 Å². The van der Waals surface area contributed by atoms with E-state index >= 15 is 0 Å². The summed E-state index contributed by atoms with van der Waals surface area (Å²) in [4.78, 5) is 69.5. The first kappa shape index (κ1) is 60.8. The minimum atomic E-state index is -1.42. The zero-order valence-electron chi connectivity index (χ0n) is 43.8. The van der Waals surface area contributed by atoms with Crippen molar-refractivity contribution < 1.29 is 81.2 Å². The average Bonchev–Trinajstić information content (AvgIpc) is 3.32. The molecule has 20 heteroatoms. The maximum atomic E-state index is 13.3. The summed E-state index contributed by atoms with van der Waals surface area (Å²) in [5.74, 6) is -2.05. The molecule has 2 N–H and O–H groups in total. The molecule has 2 aliphatic rings. The molecular formula is C49H83N3O17. The number of aromatic nitrogens is 1. The van der Waals surface area contributed by atoms with Crippen LogP contribution in [-0.2, 0) is 57.0 Å². The van der Waals surface area contributed by atoms with E-state index < -0.39 is 95.7 Å². The summed E-state index contributed by atoms with van der Waals surface area (Å²) >= 11 is 0. The quantitative estimate of drug-likeness (QED) is 0.0874. The van der Waals surface area contributed by atoms with Crippen LogP contribution in [0.4, 0.5) is 9.59 Å². The molecule has 3 heterocycles. The number of methoxy groups -OCH3 is 1. The number of imide groups is 1. The van der Waals surface area contributed by atoms with Crippen molar-refractivity contribution in [2.75, 3.05) is 60.0 Å². The molecule has 69 heavy (non-hydrogen) atoms.